The Labute approximate surface area is 182 Å². The lowest BCUT2D eigenvalue weighted by atomic mass is 9.75. The third-order valence-corrected chi connectivity index (χ3v) is 6.89. The summed E-state index contributed by atoms with van der Waals surface area (Å²) in [5, 5.41) is 5.64. The van der Waals surface area contributed by atoms with Crippen molar-refractivity contribution in [3.8, 4) is 17.0 Å². The molecule has 0 unspecified atom stereocenters. The predicted octanol–water partition coefficient (Wildman–Crippen LogP) is 5.38. The van der Waals surface area contributed by atoms with Crippen molar-refractivity contribution in [1.82, 2.24) is 19.6 Å². The van der Waals surface area contributed by atoms with E-state index in [2.05, 4.69) is 54.0 Å². The topological polar surface area (TPSA) is 81.2 Å². The van der Waals surface area contributed by atoms with Crippen LogP contribution in [0.5, 0.6) is 5.75 Å². The van der Waals surface area contributed by atoms with E-state index in [0.29, 0.717) is 11.8 Å². The number of benzene rings is 1. The second-order valence-corrected chi connectivity index (χ2v) is 9.63. The van der Waals surface area contributed by atoms with Crippen LogP contribution < -0.4 is 10.5 Å². The molecule has 5 rings (SSSR count). The molecule has 6 nitrogen and oxygen atoms in total. The van der Waals surface area contributed by atoms with E-state index < -0.39 is 0 Å². The molecule has 0 amide bonds. The molecule has 0 atom stereocenters. The molecule has 4 aromatic rings. The fourth-order valence-electron chi connectivity index (χ4n) is 5.10. The van der Waals surface area contributed by atoms with E-state index in [1.54, 1.807) is 18.0 Å². The van der Waals surface area contributed by atoms with Crippen LogP contribution in [0.3, 0.4) is 0 Å². The molecule has 0 saturated heterocycles. The Morgan fingerprint density at radius 2 is 2.00 bits per heavy atom. The molecule has 3 aromatic heterocycles. The van der Waals surface area contributed by atoms with Gasteiger partial charge in [-0.05, 0) is 73.8 Å². The monoisotopic (exact) mass is 417 g/mol. The standard InChI is InChI=1S/C25H31N5O/c1-15(2)22-19-11-17(16-7-9-25(3,26)10-8-16)5-6-20(19)29-23(22)18-12-21(31-4)24-27-14-28-30(24)13-18/h5-6,11-16,29H,7-10,26H2,1-4H3. The number of nitrogens with one attached hydrogen (secondary N) is 1. The van der Waals surface area contributed by atoms with Crippen molar-refractivity contribution in [3.63, 3.8) is 0 Å². The molecule has 31 heavy (non-hydrogen) atoms. The molecule has 1 saturated carbocycles. The highest BCUT2D eigenvalue weighted by molar-refractivity contribution is 5.92. The van der Waals surface area contributed by atoms with Crippen LogP contribution in [-0.2, 0) is 0 Å². The summed E-state index contributed by atoms with van der Waals surface area (Å²) in [6.07, 6.45) is 8.07. The van der Waals surface area contributed by atoms with E-state index in [-0.39, 0.29) is 5.54 Å². The third-order valence-electron chi connectivity index (χ3n) is 6.89. The molecule has 1 fully saturated rings. The molecule has 1 aromatic carbocycles. The van der Waals surface area contributed by atoms with Crippen molar-refractivity contribution >= 4 is 16.6 Å². The van der Waals surface area contributed by atoms with Crippen molar-refractivity contribution in [2.45, 2.75) is 63.8 Å². The Bertz CT molecular complexity index is 1240. The van der Waals surface area contributed by atoms with Crippen LogP contribution in [0, 0.1) is 0 Å². The van der Waals surface area contributed by atoms with Crippen molar-refractivity contribution < 1.29 is 4.74 Å². The number of aromatic nitrogens is 4. The zero-order chi connectivity index (χ0) is 21.8. The molecule has 3 heterocycles. The zero-order valence-corrected chi connectivity index (χ0v) is 18.8. The Kier molecular flexibility index (Phi) is 4.77. The minimum Gasteiger partial charge on any atom is -0.493 e. The summed E-state index contributed by atoms with van der Waals surface area (Å²) in [5.74, 6) is 1.68. The quantitative estimate of drug-likeness (QED) is 0.467. The number of hydrogen-bond acceptors (Lipinski definition) is 4. The van der Waals surface area contributed by atoms with Crippen molar-refractivity contribution in [2.75, 3.05) is 7.11 Å². The van der Waals surface area contributed by atoms with E-state index in [1.165, 1.54) is 22.0 Å². The number of aromatic amines is 1. The summed E-state index contributed by atoms with van der Waals surface area (Å²) in [6.45, 7) is 6.69. The summed E-state index contributed by atoms with van der Waals surface area (Å²) in [5.41, 5.74) is 13.2. The first-order chi connectivity index (χ1) is 14.9. The van der Waals surface area contributed by atoms with E-state index in [0.717, 1.165) is 48.3 Å². The van der Waals surface area contributed by atoms with Gasteiger partial charge in [-0.2, -0.15) is 5.10 Å². The van der Waals surface area contributed by atoms with Gasteiger partial charge in [0.2, 0.25) is 0 Å². The SMILES string of the molecule is COc1cc(-c2[nH]c3ccc(C4CCC(C)(N)CC4)cc3c2C(C)C)cn2ncnc12. The summed E-state index contributed by atoms with van der Waals surface area (Å²) in [4.78, 5) is 7.98. The van der Waals surface area contributed by atoms with Gasteiger partial charge in [0.05, 0.1) is 12.8 Å². The number of ether oxygens (including phenoxy) is 1. The maximum Gasteiger partial charge on any atom is 0.197 e. The van der Waals surface area contributed by atoms with Crippen LogP contribution in [0.2, 0.25) is 0 Å². The van der Waals surface area contributed by atoms with Crippen LogP contribution in [-0.4, -0.2) is 32.2 Å². The highest BCUT2D eigenvalue weighted by Gasteiger charge is 2.28. The molecule has 162 valence electrons. The Morgan fingerprint density at radius 1 is 1.23 bits per heavy atom. The fraction of sp³-hybridized carbons (Fsp3) is 0.440. The van der Waals surface area contributed by atoms with Crippen LogP contribution in [0.4, 0.5) is 0 Å². The Morgan fingerprint density at radius 3 is 2.71 bits per heavy atom. The van der Waals surface area contributed by atoms with E-state index in [4.69, 9.17) is 10.5 Å². The predicted molar refractivity (Wildman–Crippen MR) is 125 cm³/mol. The highest BCUT2D eigenvalue weighted by atomic mass is 16.5. The van der Waals surface area contributed by atoms with Gasteiger partial charge < -0.3 is 15.5 Å². The number of nitrogens with zero attached hydrogens (tertiary/aromatic N) is 3. The van der Waals surface area contributed by atoms with E-state index in [1.807, 2.05) is 12.3 Å². The zero-order valence-electron chi connectivity index (χ0n) is 18.8. The number of fused-ring (bicyclic) bond motifs is 2. The van der Waals surface area contributed by atoms with Gasteiger partial charge in [0.15, 0.2) is 11.4 Å². The van der Waals surface area contributed by atoms with Crippen LogP contribution in [0.25, 0.3) is 27.8 Å². The number of hydrogen-bond donors (Lipinski definition) is 2. The molecule has 0 aliphatic heterocycles. The maximum absolute atomic E-state index is 6.37. The number of nitrogens with two attached hydrogens (primary N) is 1. The normalized spacial score (nSPS) is 21.9. The van der Waals surface area contributed by atoms with Gasteiger partial charge in [-0.3, -0.25) is 0 Å². The number of pyridine rings is 1. The number of methoxy groups -OCH3 is 1. The molecule has 0 spiro atoms. The fourth-order valence-corrected chi connectivity index (χ4v) is 5.10. The lowest BCUT2D eigenvalue weighted by Gasteiger charge is -2.34. The molecular formula is C25H31N5O. The highest BCUT2D eigenvalue weighted by Crippen LogP contribution is 2.41. The molecule has 0 radical (unpaired) electrons. The van der Waals surface area contributed by atoms with Crippen molar-refractivity contribution in [1.29, 1.82) is 0 Å². The lowest BCUT2D eigenvalue weighted by Crippen LogP contribution is -2.39. The van der Waals surface area contributed by atoms with E-state index in [9.17, 15) is 0 Å². The lowest BCUT2D eigenvalue weighted by molar-refractivity contribution is 0.295. The largest absolute Gasteiger partial charge is 0.493 e. The maximum atomic E-state index is 6.37. The summed E-state index contributed by atoms with van der Waals surface area (Å²) in [7, 11) is 1.67. The molecule has 1 aliphatic rings. The second-order valence-electron chi connectivity index (χ2n) is 9.63. The van der Waals surface area contributed by atoms with Gasteiger partial charge in [0.1, 0.15) is 6.33 Å². The number of H-pyrrole nitrogens is 1. The molecule has 3 N–H and O–H groups in total. The average molecular weight is 418 g/mol. The minimum absolute atomic E-state index is 0.00991. The van der Waals surface area contributed by atoms with Gasteiger partial charge >= 0.3 is 0 Å². The van der Waals surface area contributed by atoms with Crippen LogP contribution in [0.15, 0.2) is 36.8 Å². The first-order valence-corrected chi connectivity index (χ1v) is 11.2. The smallest absolute Gasteiger partial charge is 0.197 e. The third kappa shape index (κ3) is 3.49. The van der Waals surface area contributed by atoms with E-state index >= 15 is 0 Å². The van der Waals surface area contributed by atoms with Gasteiger partial charge in [-0.15, -0.1) is 0 Å². The summed E-state index contributed by atoms with van der Waals surface area (Å²) >= 11 is 0. The minimum atomic E-state index is -0.00991. The summed E-state index contributed by atoms with van der Waals surface area (Å²) in [6, 6.07) is 8.98. The van der Waals surface area contributed by atoms with Crippen molar-refractivity contribution in [2.24, 2.45) is 5.73 Å². The molecular weight excluding hydrogens is 386 g/mol. The van der Waals surface area contributed by atoms with Gasteiger partial charge in [-0.25, -0.2) is 9.50 Å². The summed E-state index contributed by atoms with van der Waals surface area (Å²) < 4.78 is 7.37. The number of rotatable bonds is 4. The average Bonchev–Trinajstić information content (AvgIpc) is 3.36. The van der Waals surface area contributed by atoms with Gasteiger partial charge in [-0.1, -0.05) is 19.9 Å². The molecule has 1 aliphatic carbocycles. The molecule has 0 bridgehead atoms. The second kappa shape index (κ2) is 7.38. The van der Waals surface area contributed by atoms with Crippen molar-refractivity contribution in [3.05, 3.63) is 47.9 Å². The van der Waals surface area contributed by atoms with Crippen LogP contribution >= 0.6 is 0 Å². The Hall–Kier alpha value is -2.86. The van der Waals surface area contributed by atoms with Gasteiger partial charge in [0.25, 0.3) is 0 Å². The van der Waals surface area contributed by atoms with Gasteiger partial charge in [0, 0.05) is 28.2 Å². The first kappa shape index (κ1) is 20.1. The Balaban J connectivity index is 1.62. The molecule has 6 heteroatoms. The first-order valence-electron chi connectivity index (χ1n) is 11.2. The van der Waals surface area contributed by atoms with Crippen LogP contribution in [0.1, 0.15) is 69.4 Å².